The second-order valence-electron chi connectivity index (χ2n) is 5.78. The number of hydrogen-bond acceptors (Lipinski definition) is 6. The molecule has 29 heavy (non-hydrogen) atoms. The molecular formula is C19H16ClFN4O4. The Kier molecular flexibility index (Phi) is 6.75. The van der Waals surface area contributed by atoms with E-state index in [1.165, 1.54) is 24.3 Å². The van der Waals surface area contributed by atoms with Crippen molar-refractivity contribution in [2.75, 3.05) is 19.7 Å². The van der Waals surface area contributed by atoms with Gasteiger partial charge >= 0.3 is 11.8 Å². The Hall–Kier alpha value is -3.46. The first-order valence-electron chi connectivity index (χ1n) is 8.54. The maximum atomic E-state index is 12.8. The van der Waals surface area contributed by atoms with Crippen molar-refractivity contribution in [3.63, 3.8) is 0 Å². The molecule has 10 heteroatoms. The lowest BCUT2D eigenvalue weighted by molar-refractivity contribution is -0.123. The Morgan fingerprint density at radius 1 is 1.10 bits per heavy atom. The van der Waals surface area contributed by atoms with Gasteiger partial charge in [-0.3, -0.25) is 9.59 Å². The molecule has 150 valence electrons. The summed E-state index contributed by atoms with van der Waals surface area (Å²) in [6.45, 7) is 0.0921. The molecule has 0 aliphatic heterocycles. The molecule has 8 nitrogen and oxygen atoms in total. The first-order valence-corrected chi connectivity index (χ1v) is 8.92. The van der Waals surface area contributed by atoms with Crippen LogP contribution >= 0.6 is 11.6 Å². The molecule has 2 amide bonds. The van der Waals surface area contributed by atoms with Gasteiger partial charge in [0.1, 0.15) is 11.6 Å². The van der Waals surface area contributed by atoms with Crippen LogP contribution in [0.5, 0.6) is 5.75 Å². The number of aromatic nitrogens is 2. The van der Waals surface area contributed by atoms with Crippen LogP contribution in [-0.4, -0.2) is 41.7 Å². The summed E-state index contributed by atoms with van der Waals surface area (Å²) in [5.74, 6) is -0.928. The molecule has 0 radical (unpaired) electrons. The Labute approximate surface area is 170 Å². The SMILES string of the molecule is O=C(COc1ccc(F)cc1)NCCNC(=O)c1nc(-c2cccc(Cl)c2)no1. The van der Waals surface area contributed by atoms with Crippen LogP contribution in [-0.2, 0) is 4.79 Å². The molecule has 0 saturated carbocycles. The summed E-state index contributed by atoms with van der Waals surface area (Å²) in [5, 5.41) is 9.39. The van der Waals surface area contributed by atoms with Crippen LogP contribution in [0, 0.1) is 5.82 Å². The number of amides is 2. The van der Waals surface area contributed by atoms with Gasteiger partial charge in [-0.2, -0.15) is 4.98 Å². The van der Waals surface area contributed by atoms with Crippen LogP contribution in [0.2, 0.25) is 5.02 Å². The topological polar surface area (TPSA) is 106 Å². The first-order chi connectivity index (χ1) is 14.0. The predicted octanol–water partition coefficient (Wildman–Crippen LogP) is 2.45. The maximum Gasteiger partial charge on any atom is 0.316 e. The van der Waals surface area contributed by atoms with Crippen molar-refractivity contribution in [2.45, 2.75) is 0 Å². The lowest BCUT2D eigenvalue weighted by Crippen LogP contribution is -2.36. The van der Waals surface area contributed by atoms with Crippen LogP contribution in [0.15, 0.2) is 53.1 Å². The highest BCUT2D eigenvalue weighted by molar-refractivity contribution is 6.30. The average molecular weight is 419 g/mol. The van der Waals surface area contributed by atoms with Crippen molar-refractivity contribution >= 4 is 23.4 Å². The van der Waals surface area contributed by atoms with Crippen LogP contribution < -0.4 is 15.4 Å². The zero-order valence-electron chi connectivity index (χ0n) is 15.0. The van der Waals surface area contributed by atoms with Crippen molar-refractivity contribution in [3.05, 3.63) is 65.3 Å². The minimum atomic E-state index is -0.567. The van der Waals surface area contributed by atoms with Gasteiger partial charge in [0, 0.05) is 23.7 Å². The third-order valence-corrected chi connectivity index (χ3v) is 3.85. The monoisotopic (exact) mass is 418 g/mol. The van der Waals surface area contributed by atoms with Crippen molar-refractivity contribution in [3.8, 4) is 17.1 Å². The minimum Gasteiger partial charge on any atom is -0.484 e. The lowest BCUT2D eigenvalue weighted by Gasteiger charge is -2.07. The quantitative estimate of drug-likeness (QED) is 0.544. The molecule has 0 atom stereocenters. The Morgan fingerprint density at radius 2 is 1.86 bits per heavy atom. The molecule has 2 N–H and O–H groups in total. The number of ether oxygens (including phenoxy) is 1. The fourth-order valence-corrected chi connectivity index (χ4v) is 2.44. The van der Waals surface area contributed by atoms with E-state index in [9.17, 15) is 14.0 Å². The zero-order chi connectivity index (χ0) is 20.6. The van der Waals surface area contributed by atoms with E-state index >= 15 is 0 Å². The van der Waals surface area contributed by atoms with Crippen LogP contribution in [0.4, 0.5) is 4.39 Å². The molecule has 0 spiro atoms. The van der Waals surface area contributed by atoms with Gasteiger partial charge in [-0.1, -0.05) is 28.9 Å². The predicted molar refractivity (Wildman–Crippen MR) is 102 cm³/mol. The third-order valence-electron chi connectivity index (χ3n) is 3.62. The Morgan fingerprint density at radius 3 is 2.62 bits per heavy atom. The summed E-state index contributed by atoms with van der Waals surface area (Å²) in [6.07, 6.45) is 0. The highest BCUT2D eigenvalue weighted by Crippen LogP contribution is 2.19. The fraction of sp³-hybridized carbons (Fsp3) is 0.158. The number of carbonyl (C=O) groups is 2. The van der Waals surface area contributed by atoms with E-state index < -0.39 is 11.7 Å². The number of halogens is 2. The summed E-state index contributed by atoms with van der Waals surface area (Å²) in [4.78, 5) is 27.8. The molecule has 0 bridgehead atoms. The van der Waals surface area contributed by atoms with Gasteiger partial charge in [-0.25, -0.2) is 4.39 Å². The van der Waals surface area contributed by atoms with Gasteiger partial charge in [0.25, 0.3) is 5.91 Å². The molecule has 3 rings (SSSR count). The van der Waals surface area contributed by atoms with Gasteiger partial charge in [0.2, 0.25) is 5.82 Å². The number of hydrogen-bond donors (Lipinski definition) is 2. The maximum absolute atomic E-state index is 12.8. The van der Waals surface area contributed by atoms with E-state index in [0.717, 1.165) is 0 Å². The van der Waals surface area contributed by atoms with Crippen molar-refractivity contribution in [1.29, 1.82) is 0 Å². The van der Waals surface area contributed by atoms with Gasteiger partial charge in [-0.05, 0) is 36.4 Å². The van der Waals surface area contributed by atoms with Crippen molar-refractivity contribution < 1.29 is 23.2 Å². The van der Waals surface area contributed by atoms with E-state index in [0.29, 0.717) is 16.3 Å². The second kappa shape index (κ2) is 9.65. The molecule has 0 aliphatic carbocycles. The average Bonchev–Trinajstić information content (AvgIpc) is 3.21. The summed E-state index contributed by atoms with van der Waals surface area (Å²) < 4.78 is 23.0. The number of benzene rings is 2. The van der Waals surface area contributed by atoms with Crippen LogP contribution in [0.1, 0.15) is 10.7 Å². The molecule has 1 heterocycles. The first kappa shape index (κ1) is 20.3. The van der Waals surface area contributed by atoms with Crippen LogP contribution in [0.25, 0.3) is 11.4 Å². The molecule has 3 aromatic rings. The van der Waals surface area contributed by atoms with E-state index in [2.05, 4.69) is 20.8 Å². The molecule has 0 unspecified atom stereocenters. The van der Waals surface area contributed by atoms with E-state index in [4.69, 9.17) is 20.9 Å². The summed E-state index contributed by atoms with van der Waals surface area (Å²) >= 11 is 5.91. The third kappa shape index (κ3) is 6.01. The number of nitrogens with one attached hydrogen (secondary N) is 2. The van der Waals surface area contributed by atoms with E-state index in [-0.39, 0.29) is 37.3 Å². The number of nitrogens with zero attached hydrogens (tertiary/aromatic N) is 2. The Bertz CT molecular complexity index is 994. The Balaban J connectivity index is 1.38. The van der Waals surface area contributed by atoms with Crippen molar-refractivity contribution in [2.24, 2.45) is 0 Å². The van der Waals surface area contributed by atoms with E-state index in [1.54, 1.807) is 24.3 Å². The highest BCUT2D eigenvalue weighted by Gasteiger charge is 2.16. The highest BCUT2D eigenvalue weighted by atomic mass is 35.5. The molecule has 0 aliphatic rings. The minimum absolute atomic E-state index is 0.149. The standard InChI is InChI=1S/C19H16ClFN4O4/c20-13-3-1-2-12(10-13)17-24-19(29-25-17)18(27)23-9-8-22-16(26)11-28-15-6-4-14(21)5-7-15/h1-7,10H,8-9,11H2,(H,22,26)(H,23,27). The summed E-state index contributed by atoms with van der Waals surface area (Å²) in [7, 11) is 0. The van der Waals surface area contributed by atoms with Gasteiger partial charge in [-0.15, -0.1) is 0 Å². The lowest BCUT2D eigenvalue weighted by atomic mass is 10.2. The molecule has 0 saturated heterocycles. The largest absolute Gasteiger partial charge is 0.484 e. The smallest absolute Gasteiger partial charge is 0.316 e. The number of carbonyl (C=O) groups excluding carboxylic acids is 2. The molecule has 1 aromatic heterocycles. The second-order valence-corrected chi connectivity index (χ2v) is 6.22. The van der Waals surface area contributed by atoms with Crippen LogP contribution in [0.3, 0.4) is 0 Å². The normalized spacial score (nSPS) is 10.4. The molecule has 2 aromatic carbocycles. The molecule has 0 fully saturated rings. The fourth-order valence-electron chi connectivity index (χ4n) is 2.24. The van der Waals surface area contributed by atoms with Crippen molar-refractivity contribution in [1.82, 2.24) is 20.8 Å². The van der Waals surface area contributed by atoms with Gasteiger partial charge in [0.15, 0.2) is 6.61 Å². The summed E-state index contributed by atoms with van der Waals surface area (Å²) in [5.41, 5.74) is 0.619. The number of rotatable bonds is 8. The summed E-state index contributed by atoms with van der Waals surface area (Å²) in [6, 6.07) is 12.1. The van der Waals surface area contributed by atoms with Gasteiger partial charge in [0.05, 0.1) is 0 Å². The molecular weight excluding hydrogens is 403 g/mol. The van der Waals surface area contributed by atoms with E-state index in [1.807, 2.05) is 0 Å². The zero-order valence-corrected chi connectivity index (χ0v) is 15.8. The van der Waals surface area contributed by atoms with Gasteiger partial charge < -0.3 is 19.9 Å².